The van der Waals surface area contributed by atoms with Crippen LogP contribution in [-0.4, -0.2) is 16.1 Å². The van der Waals surface area contributed by atoms with Crippen LogP contribution in [0.2, 0.25) is 0 Å². The van der Waals surface area contributed by atoms with Gasteiger partial charge in [0.25, 0.3) is 0 Å². The highest BCUT2D eigenvalue weighted by molar-refractivity contribution is 5.89. The summed E-state index contributed by atoms with van der Waals surface area (Å²) in [7, 11) is 0. The van der Waals surface area contributed by atoms with Gasteiger partial charge in [-0.15, -0.1) is 0 Å². The first kappa shape index (κ1) is 9.77. The molecule has 0 aliphatic carbocycles. The molecule has 1 aromatic heterocycles. The van der Waals surface area contributed by atoms with E-state index in [-0.39, 0.29) is 0 Å². The van der Waals surface area contributed by atoms with E-state index in [1.165, 1.54) is 0 Å². The van der Waals surface area contributed by atoms with E-state index in [9.17, 15) is 4.79 Å². The molecular weight excluding hydrogens is 190 g/mol. The fourth-order valence-electron chi connectivity index (χ4n) is 1.91. The van der Waals surface area contributed by atoms with Crippen LogP contribution in [0, 0.1) is 0 Å². The summed E-state index contributed by atoms with van der Waals surface area (Å²) in [5, 5.41) is 10.1. The molecule has 0 spiro atoms. The maximum atomic E-state index is 11.1. The van der Waals surface area contributed by atoms with Crippen LogP contribution >= 0.6 is 0 Å². The van der Waals surface area contributed by atoms with Gasteiger partial charge in [0.15, 0.2) is 0 Å². The van der Waals surface area contributed by atoms with Gasteiger partial charge in [-0.3, -0.25) is 4.79 Å². The third kappa shape index (κ3) is 1.61. The van der Waals surface area contributed by atoms with Gasteiger partial charge in [0.2, 0.25) is 0 Å². The van der Waals surface area contributed by atoms with Gasteiger partial charge in [0, 0.05) is 17.1 Å². The van der Waals surface area contributed by atoms with Crippen LogP contribution in [0.1, 0.15) is 24.8 Å². The van der Waals surface area contributed by atoms with Crippen molar-refractivity contribution < 1.29 is 9.90 Å². The number of benzene rings is 1. The van der Waals surface area contributed by atoms with Crippen molar-refractivity contribution in [3.05, 3.63) is 36.0 Å². The van der Waals surface area contributed by atoms with Crippen molar-refractivity contribution in [2.24, 2.45) is 0 Å². The number of aliphatic carboxylic acids is 1. The second kappa shape index (κ2) is 3.77. The Morgan fingerprint density at radius 2 is 2.20 bits per heavy atom. The topological polar surface area (TPSA) is 53.1 Å². The van der Waals surface area contributed by atoms with Crippen molar-refractivity contribution in [1.29, 1.82) is 0 Å². The Labute approximate surface area is 87.7 Å². The molecule has 15 heavy (non-hydrogen) atoms. The number of H-pyrrole nitrogens is 1. The Morgan fingerprint density at radius 3 is 2.87 bits per heavy atom. The molecule has 0 bridgehead atoms. The number of para-hydroxylation sites is 1. The highest BCUT2D eigenvalue weighted by atomic mass is 16.4. The number of carbonyl (C=O) groups is 1. The summed E-state index contributed by atoms with van der Waals surface area (Å²) in [6.07, 6.45) is 2.41. The zero-order valence-corrected chi connectivity index (χ0v) is 8.53. The third-order valence-corrected chi connectivity index (χ3v) is 2.70. The van der Waals surface area contributed by atoms with Crippen molar-refractivity contribution in [2.75, 3.05) is 0 Å². The number of rotatable bonds is 3. The summed E-state index contributed by atoms with van der Waals surface area (Å²) in [4.78, 5) is 14.2. The molecule has 0 unspecified atom stereocenters. The van der Waals surface area contributed by atoms with Crippen LogP contribution in [0.15, 0.2) is 30.5 Å². The van der Waals surface area contributed by atoms with Gasteiger partial charge >= 0.3 is 5.97 Å². The molecule has 2 rings (SSSR count). The molecule has 0 amide bonds. The Balaban J connectivity index is 2.55. The first-order chi connectivity index (χ1) is 7.24. The average Bonchev–Trinajstić information content (AvgIpc) is 2.63. The maximum Gasteiger partial charge on any atom is 0.311 e. The number of carboxylic acid groups (broad SMARTS) is 1. The Hall–Kier alpha value is -1.77. The van der Waals surface area contributed by atoms with Gasteiger partial charge < -0.3 is 10.1 Å². The fraction of sp³-hybridized carbons (Fsp3) is 0.250. The van der Waals surface area contributed by atoms with Gasteiger partial charge in [-0.1, -0.05) is 25.1 Å². The standard InChI is InChI=1S/C12H13NO2/c1-2-8(12(14)15)10-7-13-11-6-4-3-5-9(10)11/h3-8,13H,2H2,1H3,(H,14,15)/t8-/m0/s1. The lowest BCUT2D eigenvalue weighted by Crippen LogP contribution is -2.09. The van der Waals surface area contributed by atoms with Gasteiger partial charge in [0.05, 0.1) is 5.92 Å². The Bertz CT molecular complexity index is 487. The maximum absolute atomic E-state index is 11.1. The van der Waals surface area contributed by atoms with E-state index in [0.29, 0.717) is 6.42 Å². The predicted molar refractivity (Wildman–Crippen MR) is 59.0 cm³/mol. The van der Waals surface area contributed by atoms with Crippen LogP contribution < -0.4 is 0 Å². The summed E-state index contributed by atoms with van der Waals surface area (Å²) in [6, 6.07) is 7.76. The molecule has 0 saturated carbocycles. The minimum atomic E-state index is -0.762. The van der Waals surface area contributed by atoms with E-state index in [4.69, 9.17) is 5.11 Å². The molecule has 2 aromatic rings. The van der Waals surface area contributed by atoms with E-state index in [1.807, 2.05) is 31.2 Å². The van der Waals surface area contributed by atoms with Crippen molar-refractivity contribution in [3.8, 4) is 0 Å². The lowest BCUT2D eigenvalue weighted by atomic mass is 9.96. The van der Waals surface area contributed by atoms with Crippen LogP contribution in [0.5, 0.6) is 0 Å². The van der Waals surface area contributed by atoms with Gasteiger partial charge in [-0.25, -0.2) is 0 Å². The highest BCUT2D eigenvalue weighted by Gasteiger charge is 2.20. The molecule has 1 atom stereocenters. The minimum absolute atomic E-state index is 0.416. The molecular formula is C12H13NO2. The van der Waals surface area contributed by atoms with E-state index in [0.717, 1.165) is 16.5 Å². The van der Waals surface area contributed by atoms with Crippen molar-refractivity contribution >= 4 is 16.9 Å². The molecule has 2 N–H and O–H groups in total. The molecule has 1 aromatic carbocycles. The zero-order chi connectivity index (χ0) is 10.8. The summed E-state index contributed by atoms with van der Waals surface area (Å²) in [5.74, 6) is -1.18. The van der Waals surface area contributed by atoms with Gasteiger partial charge in [0.1, 0.15) is 0 Å². The fourth-order valence-corrected chi connectivity index (χ4v) is 1.91. The van der Waals surface area contributed by atoms with Gasteiger partial charge in [-0.2, -0.15) is 0 Å². The van der Waals surface area contributed by atoms with Crippen molar-refractivity contribution in [2.45, 2.75) is 19.3 Å². The quantitative estimate of drug-likeness (QED) is 0.805. The lowest BCUT2D eigenvalue weighted by molar-refractivity contribution is -0.138. The third-order valence-electron chi connectivity index (χ3n) is 2.70. The average molecular weight is 203 g/mol. The van der Waals surface area contributed by atoms with E-state index in [1.54, 1.807) is 6.20 Å². The predicted octanol–water partition coefficient (Wildman–Crippen LogP) is 2.75. The van der Waals surface area contributed by atoms with Crippen LogP contribution in [-0.2, 0) is 4.79 Å². The normalized spacial score (nSPS) is 12.9. The van der Waals surface area contributed by atoms with Crippen molar-refractivity contribution in [1.82, 2.24) is 4.98 Å². The first-order valence-corrected chi connectivity index (χ1v) is 5.03. The lowest BCUT2D eigenvalue weighted by Gasteiger charge is -2.07. The van der Waals surface area contributed by atoms with E-state index in [2.05, 4.69) is 4.98 Å². The van der Waals surface area contributed by atoms with Crippen LogP contribution in [0.3, 0.4) is 0 Å². The van der Waals surface area contributed by atoms with E-state index < -0.39 is 11.9 Å². The SMILES string of the molecule is CC[C@H](C(=O)O)c1c[nH]c2ccccc12. The van der Waals surface area contributed by atoms with Crippen molar-refractivity contribution in [3.63, 3.8) is 0 Å². The second-order valence-electron chi connectivity index (χ2n) is 3.59. The first-order valence-electron chi connectivity index (χ1n) is 5.03. The molecule has 0 aliphatic rings. The smallest absolute Gasteiger partial charge is 0.311 e. The Morgan fingerprint density at radius 1 is 1.47 bits per heavy atom. The monoisotopic (exact) mass is 203 g/mol. The van der Waals surface area contributed by atoms with Crippen LogP contribution in [0.4, 0.5) is 0 Å². The van der Waals surface area contributed by atoms with Crippen LogP contribution in [0.25, 0.3) is 10.9 Å². The summed E-state index contributed by atoms with van der Waals surface area (Å²) >= 11 is 0. The summed E-state index contributed by atoms with van der Waals surface area (Å²) in [6.45, 7) is 1.89. The molecule has 0 saturated heterocycles. The van der Waals surface area contributed by atoms with Gasteiger partial charge in [-0.05, 0) is 18.1 Å². The number of fused-ring (bicyclic) bond motifs is 1. The number of aromatic nitrogens is 1. The molecule has 78 valence electrons. The summed E-state index contributed by atoms with van der Waals surface area (Å²) < 4.78 is 0. The number of hydrogen-bond acceptors (Lipinski definition) is 1. The second-order valence-corrected chi connectivity index (χ2v) is 3.59. The molecule has 3 heteroatoms. The molecule has 1 heterocycles. The highest BCUT2D eigenvalue weighted by Crippen LogP contribution is 2.27. The Kier molecular flexibility index (Phi) is 2.46. The minimum Gasteiger partial charge on any atom is -0.481 e. The largest absolute Gasteiger partial charge is 0.481 e. The zero-order valence-electron chi connectivity index (χ0n) is 8.53. The summed E-state index contributed by atoms with van der Waals surface area (Å²) in [5.41, 5.74) is 1.87. The number of aromatic amines is 1. The number of carboxylic acids is 1. The number of hydrogen-bond donors (Lipinski definition) is 2. The molecule has 0 aliphatic heterocycles. The number of nitrogens with one attached hydrogen (secondary N) is 1. The molecule has 0 radical (unpaired) electrons. The van der Waals surface area contributed by atoms with E-state index >= 15 is 0 Å². The molecule has 0 fully saturated rings. The molecule has 3 nitrogen and oxygen atoms in total.